The molecule has 3 aromatic rings. The minimum atomic E-state index is -0.548. The normalized spacial score (nSPS) is 13.0. The topological polar surface area (TPSA) is 29.5 Å². The Hall–Kier alpha value is -2.36. The van der Waals surface area contributed by atoms with E-state index in [9.17, 15) is 5.11 Å². The number of fused-ring (bicyclic) bond motifs is 1. The molecule has 1 unspecified atom stereocenters. The van der Waals surface area contributed by atoms with Crippen LogP contribution >= 0.6 is 0 Å². The highest BCUT2D eigenvalue weighted by molar-refractivity contribution is 5.88. The second-order valence-corrected chi connectivity index (χ2v) is 7.10. The van der Waals surface area contributed by atoms with Gasteiger partial charge in [0.1, 0.15) is 30.7 Å². The van der Waals surface area contributed by atoms with E-state index in [1.165, 1.54) is 11.3 Å². The fourth-order valence-electron chi connectivity index (χ4n) is 3.43. The van der Waals surface area contributed by atoms with E-state index in [1.807, 2.05) is 42.5 Å². The Bertz CT molecular complexity index is 852. The minimum absolute atomic E-state index is 0.279. The van der Waals surface area contributed by atoms with E-state index in [0.29, 0.717) is 11.0 Å². The second kappa shape index (κ2) is 7.26. The molecule has 0 aromatic heterocycles. The van der Waals surface area contributed by atoms with Crippen LogP contribution in [0, 0.1) is 6.92 Å². The summed E-state index contributed by atoms with van der Waals surface area (Å²) in [6.45, 7) is 2.98. The molecule has 0 saturated heterocycles. The van der Waals surface area contributed by atoms with E-state index in [4.69, 9.17) is 4.74 Å². The monoisotopic (exact) mass is 336 g/mol. The van der Waals surface area contributed by atoms with E-state index in [1.54, 1.807) is 0 Å². The zero-order chi connectivity index (χ0) is 17.9. The first-order valence-electron chi connectivity index (χ1n) is 8.65. The third-order valence-electron chi connectivity index (χ3n) is 4.62. The third-order valence-corrected chi connectivity index (χ3v) is 4.62. The highest BCUT2D eigenvalue weighted by Gasteiger charge is 2.25. The maximum Gasteiger partial charge on any atom is 0.137 e. The summed E-state index contributed by atoms with van der Waals surface area (Å²) in [6, 6.07) is 22.4. The van der Waals surface area contributed by atoms with Crippen molar-refractivity contribution in [3.05, 3.63) is 72.3 Å². The summed E-state index contributed by atoms with van der Waals surface area (Å²) in [7, 11) is 4.23. The predicted octanol–water partition coefficient (Wildman–Crippen LogP) is 4.16. The van der Waals surface area contributed by atoms with Crippen LogP contribution < -0.4 is 9.22 Å². The van der Waals surface area contributed by atoms with Crippen molar-refractivity contribution in [2.75, 3.05) is 27.2 Å². The van der Waals surface area contributed by atoms with Crippen molar-refractivity contribution in [2.24, 2.45) is 0 Å². The van der Waals surface area contributed by atoms with E-state index < -0.39 is 6.10 Å². The number of quaternary nitrogens is 1. The first-order valence-corrected chi connectivity index (χ1v) is 8.65. The number of nitrogens with zero attached hydrogens (tertiary/aromatic N) is 1. The highest BCUT2D eigenvalue weighted by atomic mass is 16.5. The molecule has 0 saturated carbocycles. The first-order chi connectivity index (χ1) is 12.0. The summed E-state index contributed by atoms with van der Waals surface area (Å²) >= 11 is 0. The quantitative estimate of drug-likeness (QED) is 0.685. The number of hydrogen-bond donors (Lipinski definition) is 1. The maximum absolute atomic E-state index is 10.5. The van der Waals surface area contributed by atoms with Crippen molar-refractivity contribution in [1.82, 2.24) is 4.48 Å². The molecule has 0 heterocycles. The largest absolute Gasteiger partial charge is 0.490 e. The first kappa shape index (κ1) is 17.5. The Morgan fingerprint density at radius 3 is 2.40 bits per heavy atom. The second-order valence-electron chi connectivity index (χ2n) is 7.10. The van der Waals surface area contributed by atoms with Crippen molar-refractivity contribution in [2.45, 2.75) is 13.0 Å². The van der Waals surface area contributed by atoms with E-state index >= 15 is 0 Å². The molecule has 0 radical (unpaired) electrons. The summed E-state index contributed by atoms with van der Waals surface area (Å²) in [4.78, 5) is 0. The molecule has 1 N–H and O–H groups in total. The standard InChI is InChI=1S/C22H26NO2/c1-17-9-4-7-13-21(17)23(2,3)15-19(24)16-25-22-14-8-11-18-10-5-6-12-20(18)22/h4-14,19,24H,15-16H2,1-3H3/q+1. The Labute approximate surface area is 149 Å². The number of aliphatic hydroxyl groups is 1. The van der Waals surface area contributed by atoms with Crippen LogP contribution in [0.2, 0.25) is 0 Å². The van der Waals surface area contributed by atoms with Crippen LogP contribution in [0.25, 0.3) is 10.8 Å². The van der Waals surface area contributed by atoms with Crippen LogP contribution in [-0.2, 0) is 0 Å². The van der Waals surface area contributed by atoms with Gasteiger partial charge in [0.2, 0.25) is 0 Å². The Kier molecular flexibility index (Phi) is 5.07. The van der Waals surface area contributed by atoms with Gasteiger partial charge in [-0.1, -0.05) is 54.6 Å². The molecule has 3 rings (SSSR count). The molecular formula is C22H26NO2+. The lowest BCUT2D eigenvalue weighted by atomic mass is 10.1. The van der Waals surface area contributed by atoms with E-state index in [-0.39, 0.29) is 6.61 Å². The lowest BCUT2D eigenvalue weighted by Gasteiger charge is -2.32. The van der Waals surface area contributed by atoms with Crippen LogP contribution in [-0.4, -0.2) is 38.5 Å². The van der Waals surface area contributed by atoms with Gasteiger partial charge in [0.25, 0.3) is 0 Å². The zero-order valence-electron chi connectivity index (χ0n) is 15.1. The van der Waals surface area contributed by atoms with E-state index in [2.05, 4.69) is 45.3 Å². The molecule has 25 heavy (non-hydrogen) atoms. The third kappa shape index (κ3) is 4.01. The van der Waals surface area contributed by atoms with Gasteiger partial charge in [-0.15, -0.1) is 0 Å². The van der Waals surface area contributed by atoms with Gasteiger partial charge in [0.05, 0.1) is 14.1 Å². The number of aliphatic hydroxyl groups excluding tert-OH is 1. The lowest BCUT2D eigenvalue weighted by molar-refractivity contribution is 0.0846. The fraction of sp³-hybridized carbons (Fsp3) is 0.273. The molecule has 0 aliphatic rings. The Balaban J connectivity index is 1.68. The van der Waals surface area contributed by atoms with Crippen LogP contribution in [0.4, 0.5) is 5.69 Å². The number of para-hydroxylation sites is 1. The van der Waals surface area contributed by atoms with E-state index in [0.717, 1.165) is 16.5 Å². The van der Waals surface area contributed by atoms with Crippen molar-refractivity contribution in [3.8, 4) is 5.75 Å². The molecule has 1 atom stereocenters. The molecule has 0 bridgehead atoms. The summed E-state index contributed by atoms with van der Waals surface area (Å²) in [5, 5.41) is 12.7. The molecule has 3 nitrogen and oxygen atoms in total. The van der Waals surface area contributed by atoms with Gasteiger partial charge in [-0.2, -0.15) is 0 Å². The number of likely N-dealkylation sites (N-methyl/N-ethyl adjacent to an activating group) is 1. The number of aryl methyl sites for hydroxylation is 1. The highest BCUT2D eigenvalue weighted by Crippen LogP contribution is 2.26. The van der Waals surface area contributed by atoms with Gasteiger partial charge >= 0.3 is 0 Å². The summed E-state index contributed by atoms with van der Waals surface area (Å²) in [6.07, 6.45) is -0.548. The average Bonchev–Trinajstić information content (AvgIpc) is 2.59. The van der Waals surface area contributed by atoms with Crippen molar-refractivity contribution in [1.29, 1.82) is 0 Å². The Morgan fingerprint density at radius 1 is 0.920 bits per heavy atom. The van der Waals surface area contributed by atoms with Gasteiger partial charge in [-0.3, -0.25) is 4.48 Å². The molecule has 0 fully saturated rings. The number of rotatable bonds is 6. The SMILES string of the molecule is Cc1ccccc1[N+](C)(C)CC(O)COc1cccc2ccccc12. The Morgan fingerprint density at radius 2 is 1.60 bits per heavy atom. The minimum Gasteiger partial charge on any atom is -0.490 e. The van der Waals surface area contributed by atoms with Gasteiger partial charge in [0.15, 0.2) is 0 Å². The van der Waals surface area contributed by atoms with Crippen LogP contribution in [0.15, 0.2) is 66.7 Å². The van der Waals surface area contributed by atoms with Crippen molar-refractivity contribution < 1.29 is 9.84 Å². The lowest BCUT2D eigenvalue weighted by Crippen LogP contribution is -2.48. The summed E-state index contributed by atoms with van der Waals surface area (Å²) in [5.41, 5.74) is 2.45. The molecular weight excluding hydrogens is 310 g/mol. The average molecular weight is 336 g/mol. The molecule has 0 aliphatic carbocycles. The van der Waals surface area contributed by atoms with Crippen molar-refractivity contribution in [3.63, 3.8) is 0 Å². The molecule has 3 heteroatoms. The predicted molar refractivity (Wildman–Crippen MR) is 105 cm³/mol. The van der Waals surface area contributed by atoms with Gasteiger partial charge in [0, 0.05) is 10.9 Å². The van der Waals surface area contributed by atoms with Crippen LogP contribution in [0.1, 0.15) is 5.56 Å². The van der Waals surface area contributed by atoms with Crippen LogP contribution in [0.5, 0.6) is 5.75 Å². The zero-order valence-corrected chi connectivity index (χ0v) is 15.1. The van der Waals surface area contributed by atoms with Gasteiger partial charge in [-0.05, 0) is 24.4 Å². The summed E-state index contributed by atoms with van der Waals surface area (Å²) in [5.74, 6) is 0.818. The number of benzene rings is 3. The molecule has 0 aliphatic heterocycles. The fourth-order valence-corrected chi connectivity index (χ4v) is 3.43. The van der Waals surface area contributed by atoms with Crippen molar-refractivity contribution >= 4 is 16.5 Å². The van der Waals surface area contributed by atoms with Crippen LogP contribution in [0.3, 0.4) is 0 Å². The molecule has 0 spiro atoms. The number of hydrogen-bond acceptors (Lipinski definition) is 2. The smallest absolute Gasteiger partial charge is 0.137 e. The number of ether oxygens (including phenoxy) is 1. The summed E-state index contributed by atoms with van der Waals surface area (Å²) < 4.78 is 6.55. The molecule has 130 valence electrons. The maximum atomic E-state index is 10.5. The van der Waals surface area contributed by atoms with Gasteiger partial charge in [-0.25, -0.2) is 0 Å². The van der Waals surface area contributed by atoms with Gasteiger partial charge < -0.3 is 9.84 Å². The molecule has 3 aromatic carbocycles. The molecule has 0 amide bonds.